The average Bonchev–Trinajstić information content (AvgIpc) is 3.54. The van der Waals surface area contributed by atoms with E-state index >= 15 is 0 Å². The molecule has 0 saturated carbocycles. The number of hydrogen-bond donors (Lipinski definition) is 3. The third kappa shape index (κ3) is 7.41. The van der Waals surface area contributed by atoms with Gasteiger partial charge in [-0.3, -0.25) is 0 Å². The van der Waals surface area contributed by atoms with Gasteiger partial charge in [-0.05, 0) is 34.7 Å². The van der Waals surface area contributed by atoms with Crippen LogP contribution in [0.2, 0.25) is 0 Å². The molecule has 3 aliphatic rings. The molecule has 0 bridgehead atoms. The van der Waals surface area contributed by atoms with Gasteiger partial charge < -0.3 is 39.6 Å². The Kier molecular flexibility index (Phi) is 10.1. The van der Waals surface area contributed by atoms with Gasteiger partial charge in [-0.25, -0.2) is 4.79 Å². The van der Waals surface area contributed by atoms with E-state index in [1.807, 2.05) is 37.3 Å². The molecule has 3 heterocycles. The molecule has 9 heteroatoms. The lowest BCUT2D eigenvalue weighted by molar-refractivity contribution is -0.278. The zero-order valence-corrected chi connectivity index (χ0v) is 26.2. The van der Waals surface area contributed by atoms with Crippen LogP contribution in [0.4, 0.5) is 4.79 Å². The fourth-order valence-electron chi connectivity index (χ4n) is 6.62. The largest absolute Gasteiger partial charge is 0.392 e. The highest BCUT2D eigenvalue weighted by Crippen LogP contribution is 2.43. The number of carbonyl (C=O) groups excluding carboxylic acids is 1. The van der Waals surface area contributed by atoms with Crippen LogP contribution in [0, 0.1) is 5.92 Å². The zero-order valence-electron chi connectivity index (χ0n) is 26.2. The summed E-state index contributed by atoms with van der Waals surface area (Å²) in [4.78, 5) is 14.5. The molecule has 9 nitrogen and oxygen atoms in total. The van der Waals surface area contributed by atoms with Crippen LogP contribution in [-0.2, 0) is 32.1 Å². The molecule has 3 aliphatic heterocycles. The van der Waals surface area contributed by atoms with E-state index in [4.69, 9.17) is 18.9 Å². The van der Waals surface area contributed by atoms with Crippen LogP contribution in [0.5, 0.6) is 0 Å². The Balaban J connectivity index is 1.20. The van der Waals surface area contributed by atoms with Gasteiger partial charge in [0.15, 0.2) is 12.1 Å². The number of rotatable bonds is 9. The van der Waals surface area contributed by atoms with Crippen LogP contribution in [0.3, 0.4) is 0 Å². The number of aliphatic hydroxyl groups is 1. The first-order valence-electron chi connectivity index (χ1n) is 16.2. The number of nitrogens with one attached hydrogen (secondary N) is 2. The van der Waals surface area contributed by atoms with Crippen LogP contribution in [0.25, 0.3) is 11.1 Å². The summed E-state index contributed by atoms with van der Waals surface area (Å²) in [6.45, 7) is 9.08. The summed E-state index contributed by atoms with van der Waals surface area (Å²) in [5.41, 5.74) is 6.07. The average molecular weight is 616 g/mol. The van der Waals surface area contributed by atoms with Crippen molar-refractivity contribution in [2.75, 3.05) is 39.4 Å². The van der Waals surface area contributed by atoms with E-state index in [-0.39, 0.29) is 30.8 Å². The molecule has 0 radical (unpaired) electrons. The number of nitrogens with zero attached hydrogens (tertiary/aromatic N) is 1. The molecular weight excluding hydrogens is 570 g/mol. The number of hydrogen-bond acceptors (Lipinski definition) is 7. The monoisotopic (exact) mass is 615 g/mol. The first-order chi connectivity index (χ1) is 22.0. The van der Waals surface area contributed by atoms with E-state index in [0.29, 0.717) is 26.3 Å². The highest BCUT2D eigenvalue weighted by atomic mass is 16.7. The molecule has 45 heavy (non-hydrogen) atoms. The summed E-state index contributed by atoms with van der Waals surface area (Å²) in [5, 5.41) is 15.3. The summed E-state index contributed by atoms with van der Waals surface area (Å²) in [5.74, 6) is -0.295. The molecule has 3 aromatic rings. The molecular formula is C36H45N3O6. The summed E-state index contributed by atoms with van der Waals surface area (Å²) < 4.78 is 25.3. The molecule has 3 N–H and O–H groups in total. The summed E-state index contributed by atoms with van der Waals surface area (Å²) in [6, 6.07) is 24.3. The molecule has 3 fully saturated rings. The zero-order chi connectivity index (χ0) is 31.2. The van der Waals surface area contributed by atoms with Gasteiger partial charge in [0.1, 0.15) is 0 Å². The second kappa shape index (κ2) is 14.4. The minimum absolute atomic E-state index is 0.0110. The second-order valence-electron chi connectivity index (χ2n) is 12.2. The lowest BCUT2D eigenvalue weighted by Crippen LogP contribution is -2.50. The van der Waals surface area contributed by atoms with E-state index < -0.39 is 12.1 Å². The fourth-order valence-corrected chi connectivity index (χ4v) is 6.62. The minimum Gasteiger partial charge on any atom is -0.392 e. The van der Waals surface area contributed by atoms with Gasteiger partial charge in [0.05, 0.1) is 32.0 Å². The van der Waals surface area contributed by atoms with Crippen molar-refractivity contribution in [3.8, 4) is 11.1 Å². The number of piperidine rings is 1. The van der Waals surface area contributed by atoms with Crippen molar-refractivity contribution >= 4 is 6.03 Å². The number of benzene rings is 3. The number of likely N-dealkylation sites (tertiary alicyclic amines) is 1. The quantitative estimate of drug-likeness (QED) is 0.301. The fraction of sp³-hybridized carbons (Fsp3) is 0.472. The standard InChI is InChI=1S/C36H45N3O6/c1-3-37-35(41)38-22-30-6-4-5-7-31(30)27-12-14-29(15-13-27)34-44-32(23-39-18-16-36(17-19-39)42-20-21-43-36)25(2)33(45-34)28-10-8-26(24-40)9-11-28/h4-15,25,32-34,40H,3,16-24H2,1-2H3,(H2,37,38,41)/t25-,32+,33+,34+/m1/s1. The maximum Gasteiger partial charge on any atom is 0.315 e. The van der Waals surface area contributed by atoms with Gasteiger partial charge in [0.2, 0.25) is 0 Å². The topological polar surface area (TPSA) is 102 Å². The minimum atomic E-state index is -0.532. The maximum atomic E-state index is 12.0. The van der Waals surface area contributed by atoms with Gasteiger partial charge in [-0.15, -0.1) is 0 Å². The predicted molar refractivity (Wildman–Crippen MR) is 171 cm³/mol. The number of aliphatic hydroxyl groups excluding tert-OH is 1. The SMILES string of the molecule is CCNC(=O)NCc1ccccc1-c1ccc([C@H]2O[C@@H](CN3CCC4(CC3)OCCO4)[C@@H](C)[C@@H](c3ccc(CO)cc3)O2)cc1. The Labute approximate surface area is 265 Å². The molecule has 4 atom stereocenters. The second-order valence-corrected chi connectivity index (χ2v) is 12.2. The van der Waals surface area contributed by atoms with Crippen LogP contribution < -0.4 is 10.6 Å². The number of ether oxygens (including phenoxy) is 4. The van der Waals surface area contributed by atoms with Crippen LogP contribution in [0.15, 0.2) is 72.8 Å². The van der Waals surface area contributed by atoms with Gasteiger partial charge >= 0.3 is 6.03 Å². The van der Waals surface area contributed by atoms with Crippen molar-refractivity contribution in [3.63, 3.8) is 0 Å². The van der Waals surface area contributed by atoms with Gasteiger partial charge in [-0.1, -0.05) is 79.7 Å². The van der Waals surface area contributed by atoms with Gasteiger partial charge in [0, 0.05) is 57.0 Å². The van der Waals surface area contributed by atoms with E-state index in [1.165, 1.54) is 0 Å². The Bertz CT molecular complexity index is 1400. The smallest absolute Gasteiger partial charge is 0.315 e. The van der Waals surface area contributed by atoms with Crippen molar-refractivity contribution in [1.29, 1.82) is 0 Å². The van der Waals surface area contributed by atoms with Crippen LogP contribution in [0.1, 0.15) is 61.3 Å². The molecule has 0 unspecified atom stereocenters. The Hall–Kier alpha value is -3.31. The highest BCUT2D eigenvalue weighted by molar-refractivity contribution is 5.74. The molecule has 0 aromatic heterocycles. The number of carbonyl (C=O) groups is 1. The van der Waals surface area contributed by atoms with Gasteiger partial charge in [-0.2, -0.15) is 0 Å². The molecule has 6 rings (SSSR count). The Morgan fingerprint density at radius 1 is 0.911 bits per heavy atom. The first kappa shape index (κ1) is 31.7. The van der Waals surface area contributed by atoms with Crippen LogP contribution >= 0.6 is 0 Å². The third-order valence-corrected chi connectivity index (χ3v) is 9.28. The van der Waals surface area contributed by atoms with Crippen molar-refractivity contribution in [3.05, 3.63) is 95.1 Å². The highest BCUT2D eigenvalue weighted by Gasteiger charge is 2.43. The summed E-state index contributed by atoms with van der Waals surface area (Å²) in [7, 11) is 0. The van der Waals surface area contributed by atoms with Crippen molar-refractivity contribution in [1.82, 2.24) is 15.5 Å². The normalized spacial score (nSPS) is 24.9. The molecule has 3 saturated heterocycles. The number of urea groups is 1. The van der Waals surface area contributed by atoms with Crippen LogP contribution in [-0.4, -0.2) is 67.3 Å². The molecule has 240 valence electrons. The van der Waals surface area contributed by atoms with E-state index in [0.717, 1.165) is 65.9 Å². The summed E-state index contributed by atoms with van der Waals surface area (Å²) >= 11 is 0. The molecule has 0 aliphatic carbocycles. The van der Waals surface area contributed by atoms with E-state index in [2.05, 4.69) is 64.9 Å². The predicted octanol–water partition coefficient (Wildman–Crippen LogP) is 5.30. The summed E-state index contributed by atoms with van der Waals surface area (Å²) in [6.07, 6.45) is 0.977. The van der Waals surface area contributed by atoms with Crippen molar-refractivity contribution in [2.45, 2.75) is 64.1 Å². The lowest BCUT2D eigenvalue weighted by atomic mass is 9.89. The Morgan fingerprint density at radius 3 is 2.29 bits per heavy atom. The van der Waals surface area contributed by atoms with E-state index in [9.17, 15) is 9.90 Å². The van der Waals surface area contributed by atoms with E-state index in [1.54, 1.807) is 0 Å². The molecule has 2 amide bonds. The van der Waals surface area contributed by atoms with Crippen molar-refractivity contribution < 1.29 is 28.8 Å². The third-order valence-electron chi connectivity index (χ3n) is 9.28. The molecule has 3 aromatic carbocycles. The maximum absolute atomic E-state index is 12.0. The lowest BCUT2D eigenvalue weighted by Gasteiger charge is -2.44. The first-order valence-corrected chi connectivity index (χ1v) is 16.2. The Morgan fingerprint density at radius 2 is 1.60 bits per heavy atom. The van der Waals surface area contributed by atoms with Gasteiger partial charge in [0.25, 0.3) is 0 Å². The number of amides is 2. The van der Waals surface area contributed by atoms with Crippen molar-refractivity contribution in [2.24, 2.45) is 5.92 Å². The molecule has 1 spiro atoms.